The van der Waals surface area contributed by atoms with E-state index >= 15 is 0 Å². The number of carboxylic acids is 1. The van der Waals surface area contributed by atoms with Crippen molar-refractivity contribution in [1.82, 2.24) is 0 Å². The van der Waals surface area contributed by atoms with Crippen molar-refractivity contribution in [2.75, 3.05) is 0 Å². The van der Waals surface area contributed by atoms with E-state index in [0.717, 1.165) is 44.9 Å². The molecule has 0 spiro atoms. The lowest BCUT2D eigenvalue weighted by Crippen LogP contribution is -2.23. The number of carbonyl (C=O) groups excluding carboxylic acids is 1. The molecule has 0 aliphatic heterocycles. The second kappa shape index (κ2) is 10.5. The van der Waals surface area contributed by atoms with Crippen LogP contribution in [0, 0.1) is 12.3 Å². The number of benzene rings is 1. The summed E-state index contributed by atoms with van der Waals surface area (Å²) in [6, 6.07) is 6.75. The number of rotatable bonds is 13. The van der Waals surface area contributed by atoms with Gasteiger partial charge in [0.25, 0.3) is 6.47 Å². The number of aryl methyl sites for hydroxylation is 3. The third-order valence-electron chi connectivity index (χ3n) is 5.15. The molecule has 1 N–H and O–H groups in total. The first kappa shape index (κ1) is 23.2. The quantitative estimate of drug-likeness (QED) is 0.365. The fraction of sp³-hybridized carbons (Fsp3) is 0.652. The Morgan fingerprint density at radius 2 is 1.48 bits per heavy atom. The zero-order valence-electron chi connectivity index (χ0n) is 17.6. The average molecular weight is 377 g/mol. The van der Waals surface area contributed by atoms with Gasteiger partial charge in [0.15, 0.2) is 0 Å². The van der Waals surface area contributed by atoms with Crippen LogP contribution in [0.4, 0.5) is 0 Å². The Kier molecular flexibility index (Phi) is 9.01. The molecule has 0 saturated heterocycles. The number of ether oxygens (including phenoxy) is 1. The van der Waals surface area contributed by atoms with E-state index in [0.29, 0.717) is 12.9 Å². The van der Waals surface area contributed by atoms with E-state index in [-0.39, 0.29) is 5.60 Å². The molecule has 27 heavy (non-hydrogen) atoms. The summed E-state index contributed by atoms with van der Waals surface area (Å²) in [6.45, 7) is 10.1. The van der Waals surface area contributed by atoms with Crippen molar-refractivity contribution >= 4 is 12.4 Å². The molecule has 0 radical (unpaired) electrons. The van der Waals surface area contributed by atoms with Crippen molar-refractivity contribution in [3.05, 3.63) is 34.9 Å². The Bertz CT molecular complexity index is 617. The smallest absolute Gasteiger partial charge is 0.309 e. The molecule has 152 valence electrons. The first-order valence-electron chi connectivity index (χ1n) is 10.00. The summed E-state index contributed by atoms with van der Waals surface area (Å²) in [5, 5.41) is 9.19. The van der Waals surface area contributed by atoms with Gasteiger partial charge in [0, 0.05) is 0 Å². The van der Waals surface area contributed by atoms with Crippen LogP contribution in [0.5, 0.6) is 0 Å². The van der Waals surface area contributed by atoms with E-state index in [1.54, 1.807) is 13.8 Å². The van der Waals surface area contributed by atoms with Crippen molar-refractivity contribution in [3.63, 3.8) is 0 Å². The summed E-state index contributed by atoms with van der Waals surface area (Å²) in [6.07, 6.45) is 7.62. The maximum Gasteiger partial charge on any atom is 0.309 e. The molecule has 0 saturated carbocycles. The number of unbranched alkanes of at least 4 members (excludes halogenated alkanes) is 2. The van der Waals surface area contributed by atoms with Gasteiger partial charge in [0.2, 0.25) is 0 Å². The number of carboxylic acid groups (broad SMARTS) is 1. The summed E-state index contributed by atoms with van der Waals surface area (Å²) in [4.78, 5) is 21.7. The van der Waals surface area contributed by atoms with E-state index in [4.69, 9.17) is 4.74 Å². The molecular formula is C23H36O4. The Labute approximate surface area is 164 Å². The van der Waals surface area contributed by atoms with Gasteiger partial charge in [-0.25, -0.2) is 0 Å². The summed E-state index contributed by atoms with van der Waals surface area (Å²) < 4.78 is 5.10. The van der Waals surface area contributed by atoms with Gasteiger partial charge in [-0.3, -0.25) is 9.59 Å². The van der Waals surface area contributed by atoms with Crippen LogP contribution in [0.2, 0.25) is 0 Å². The van der Waals surface area contributed by atoms with Crippen molar-refractivity contribution in [1.29, 1.82) is 0 Å². The SMILES string of the molecule is Cc1cc(CCCCC(C)(C)OC=O)cc(CCCCC(C)(C)C(=O)O)c1. The van der Waals surface area contributed by atoms with Crippen LogP contribution in [0.25, 0.3) is 0 Å². The summed E-state index contributed by atoms with van der Waals surface area (Å²) in [7, 11) is 0. The Morgan fingerprint density at radius 3 is 1.96 bits per heavy atom. The second-order valence-corrected chi connectivity index (χ2v) is 8.90. The van der Waals surface area contributed by atoms with Crippen LogP contribution in [-0.2, 0) is 27.2 Å². The maximum atomic E-state index is 11.2. The third-order valence-corrected chi connectivity index (χ3v) is 5.15. The van der Waals surface area contributed by atoms with E-state index in [1.165, 1.54) is 16.7 Å². The average Bonchev–Trinajstić information content (AvgIpc) is 2.55. The van der Waals surface area contributed by atoms with E-state index in [9.17, 15) is 14.7 Å². The second-order valence-electron chi connectivity index (χ2n) is 8.90. The summed E-state index contributed by atoms with van der Waals surface area (Å²) in [5.74, 6) is -0.720. The highest BCUT2D eigenvalue weighted by Crippen LogP contribution is 2.24. The van der Waals surface area contributed by atoms with Crippen LogP contribution in [0.1, 0.15) is 82.9 Å². The Balaban J connectivity index is 2.45. The fourth-order valence-electron chi connectivity index (χ4n) is 3.31. The highest BCUT2D eigenvalue weighted by atomic mass is 16.5. The van der Waals surface area contributed by atoms with Crippen LogP contribution in [-0.4, -0.2) is 23.1 Å². The van der Waals surface area contributed by atoms with E-state index in [2.05, 4.69) is 25.1 Å². The highest BCUT2D eigenvalue weighted by molar-refractivity contribution is 5.73. The molecule has 1 aromatic carbocycles. The standard InChI is InChI=1S/C23H36O4/c1-18-14-19(10-6-8-12-22(2,3)21(25)26)16-20(15-18)11-7-9-13-23(4,5)27-17-24/h14-17H,6-13H2,1-5H3,(H,25,26). The van der Waals surface area contributed by atoms with Crippen molar-refractivity contribution in [2.45, 2.75) is 91.6 Å². The van der Waals surface area contributed by atoms with Crippen LogP contribution in [0.3, 0.4) is 0 Å². The van der Waals surface area contributed by atoms with Gasteiger partial charge in [0.05, 0.1) is 5.41 Å². The zero-order chi connectivity index (χ0) is 20.5. The van der Waals surface area contributed by atoms with Crippen LogP contribution < -0.4 is 0 Å². The van der Waals surface area contributed by atoms with Crippen LogP contribution >= 0.6 is 0 Å². The maximum absolute atomic E-state index is 11.2. The predicted molar refractivity (Wildman–Crippen MR) is 109 cm³/mol. The van der Waals surface area contributed by atoms with Gasteiger partial charge < -0.3 is 9.84 Å². The number of carbonyl (C=O) groups is 2. The predicted octanol–water partition coefficient (Wildman–Crippen LogP) is 5.48. The van der Waals surface area contributed by atoms with E-state index < -0.39 is 11.4 Å². The molecule has 4 heteroatoms. The summed E-state index contributed by atoms with van der Waals surface area (Å²) >= 11 is 0. The minimum absolute atomic E-state index is 0.386. The molecule has 0 bridgehead atoms. The minimum Gasteiger partial charge on any atom is -0.481 e. The topological polar surface area (TPSA) is 63.6 Å². The lowest BCUT2D eigenvalue weighted by Gasteiger charge is -2.22. The first-order chi connectivity index (χ1) is 12.6. The fourth-order valence-corrected chi connectivity index (χ4v) is 3.31. The van der Waals surface area contributed by atoms with Crippen molar-refractivity contribution in [3.8, 4) is 0 Å². The van der Waals surface area contributed by atoms with Gasteiger partial charge in [-0.15, -0.1) is 0 Å². The van der Waals surface area contributed by atoms with Crippen LogP contribution in [0.15, 0.2) is 18.2 Å². The van der Waals surface area contributed by atoms with Crippen molar-refractivity contribution < 1.29 is 19.4 Å². The summed E-state index contributed by atoms with van der Waals surface area (Å²) in [5.41, 5.74) is 2.94. The molecule has 0 unspecified atom stereocenters. The molecule has 1 rings (SSSR count). The molecule has 1 aromatic rings. The molecule has 0 aromatic heterocycles. The number of hydrogen-bond donors (Lipinski definition) is 1. The molecule has 0 heterocycles. The molecule has 0 atom stereocenters. The van der Waals surface area contributed by atoms with Gasteiger partial charge >= 0.3 is 5.97 Å². The Hall–Kier alpha value is -1.84. The third kappa shape index (κ3) is 9.07. The normalized spacial score (nSPS) is 12.0. The lowest BCUT2D eigenvalue weighted by molar-refractivity contribution is -0.147. The van der Waals surface area contributed by atoms with Gasteiger partial charge in [-0.2, -0.15) is 0 Å². The van der Waals surface area contributed by atoms with Gasteiger partial charge in [0.1, 0.15) is 5.60 Å². The molecule has 0 aliphatic rings. The first-order valence-corrected chi connectivity index (χ1v) is 10.00. The van der Waals surface area contributed by atoms with Crippen molar-refractivity contribution in [2.24, 2.45) is 5.41 Å². The molecule has 0 aliphatic carbocycles. The Morgan fingerprint density at radius 1 is 0.963 bits per heavy atom. The number of hydrogen-bond acceptors (Lipinski definition) is 3. The molecular weight excluding hydrogens is 340 g/mol. The van der Waals surface area contributed by atoms with Gasteiger partial charge in [-0.05, 0) is 90.7 Å². The molecule has 0 amide bonds. The lowest BCUT2D eigenvalue weighted by atomic mass is 9.86. The number of aliphatic carboxylic acids is 1. The zero-order valence-corrected chi connectivity index (χ0v) is 17.6. The largest absolute Gasteiger partial charge is 0.481 e. The van der Waals surface area contributed by atoms with Gasteiger partial charge in [-0.1, -0.05) is 30.2 Å². The highest BCUT2D eigenvalue weighted by Gasteiger charge is 2.26. The molecule has 4 nitrogen and oxygen atoms in total. The van der Waals surface area contributed by atoms with E-state index in [1.807, 2.05) is 13.8 Å². The minimum atomic E-state index is -0.720. The molecule has 0 fully saturated rings. The monoisotopic (exact) mass is 376 g/mol.